The molecule has 0 amide bonds. The first-order valence-corrected chi connectivity index (χ1v) is 5.95. The molecule has 0 bridgehead atoms. The summed E-state index contributed by atoms with van der Waals surface area (Å²) in [5, 5.41) is 8.67. The number of rotatable bonds is 3. The van der Waals surface area contributed by atoms with Crippen molar-refractivity contribution in [1.82, 2.24) is 0 Å². The maximum absolute atomic E-state index is 8.67. The number of aryl methyl sites for hydroxylation is 2. The lowest BCUT2D eigenvalue weighted by Crippen LogP contribution is -2.14. The summed E-state index contributed by atoms with van der Waals surface area (Å²) >= 11 is 0. The van der Waals surface area contributed by atoms with E-state index in [1.165, 1.54) is 16.7 Å². The Morgan fingerprint density at radius 1 is 1.29 bits per heavy atom. The molecule has 0 saturated heterocycles. The number of nitriles is 1. The molecular weight excluding hydrogens is 210 g/mol. The van der Waals surface area contributed by atoms with Crippen LogP contribution in [0.3, 0.4) is 0 Å². The first kappa shape index (κ1) is 13.6. The van der Waals surface area contributed by atoms with E-state index in [1.807, 2.05) is 0 Å². The summed E-state index contributed by atoms with van der Waals surface area (Å²) < 4.78 is 5.45. The third kappa shape index (κ3) is 3.23. The summed E-state index contributed by atoms with van der Waals surface area (Å²) in [7, 11) is 1.71. The van der Waals surface area contributed by atoms with Gasteiger partial charge in [-0.2, -0.15) is 5.26 Å². The van der Waals surface area contributed by atoms with E-state index in [4.69, 9.17) is 10.00 Å². The predicted molar refractivity (Wildman–Crippen MR) is 70.4 cm³/mol. The fourth-order valence-corrected chi connectivity index (χ4v) is 1.94. The van der Waals surface area contributed by atoms with Gasteiger partial charge in [0.2, 0.25) is 0 Å². The van der Waals surface area contributed by atoms with Crippen LogP contribution in [0.5, 0.6) is 5.75 Å². The number of ether oxygens (including phenoxy) is 1. The second kappa shape index (κ2) is 5.23. The summed E-state index contributed by atoms with van der Waals surface area (Å²) in [5.41, 5.74) is 3.71. The predicted octanol–water partition coefficient (Wildman–Crippen LogP) is 3.76. The fourth-order valence-electron chi connectivity index (χ4n) is 1.94. The van der Waals surface area contributed by atoms with Crippen molar-refractivity contribution in [2.75, 3.05) is 7.11 Å². The average Bonchev–Trinajstić information content (AvgIpc) is 2.25. The van der Waals surface area contributed by atoms with Crippen molar-refractivity contribution in [3.8, 4) is 11.8 Å². The van der Waals surface area contributed by atoms with Gasteiger partial charge in [-0.3, -0.25) is 0 Å². The quantitative estimate of drug-likeness (QED) is 0.793. The number of hydrogen-bond donors (Lipinski definition) is 0. The highest BCUT2D eigenvalue weighted by Crippen LogP contribution is 2.33. The van der Waals surface area contributed by atoms with E-state index in [0.29, 0.717) is 6.42 Å². The lowest BCUT2D eigenvalue weighted by Gasteiger charge is -2.24. The Morgan fingerprint density at radius 2 is 1.94 bits per heavy atom. The van der Waals surface area contributed by atoms with Gasteiger partial charge in [0.05, 0.1) is 13.2 Å². The van der Waals surface area contributed by atoms with Crippen molar-refractivity contribution in [1.29, 1.82) is 5.26 Å². The van der Waals surface area contributed by atoms with Gasteiger partial charge >= 0.3 is 0 Å². The Bertz CT molecular complexity index is 435. The fraction of sp³-hybridized carbons (Fsp3) is 0.533. The maximum atomic E-state index is 8.67. The minimum atomic E-state index is 0.0560. The van der Waals surface area contributed by atoms with E-state index in [1.54, 1.807) is 7.11 Å². The monoisotopic (exact) mass is 231 g/mol. The molecule has 0 aliphatic heterocycles. The Morgan fingerprint density at radius 3 is 2.41 bits per heavy atom. The van der Waals surface area contributed by atoms with Crippen molar-refractivity contribution in [3.63, 3.8) is 0 Å². The molecule has 1 aromatic rings. The molecule has 0 radical (unpaired) electrons. The molecule has 0 unspecified atom stereocenters. The maximum Gasteiger partial charge on any atom is 0.122 e. The van der Waals surface area contributed by atoms with E-state index in [2.05, 4.69) is 45.9 Å². The lowest BCUT2D eigenvalue weighted by molar-refractivity contribution is 0.397. The van der Waals surface area contributed by atoms with Crippen LogP contribution in [0.15, 0.2) is 12.1 Å². The molecular formula is C15H21NO. The number of hydrogen-bond acceptors (Lipinski definition) is 2. The minimum absolute atomic E-state index is 0.0560. The van der Waals surface area contributed by atoms with Crippen LogP contribution in [0.1, 0.15) is 43.9 Å². The van der Waals surface area contributed by atoms with Crippen LogP contribution < -0.4 is 4.74 Å². The molecule has 0 aliphatic carbocycles. The van der Waals surface area contributed by atoms with Gasteiger partial charge in [-0.05, 0) is 41.5 Å². The van der Waals surface area contributed by atoms with Gasteiger partial charge in [0.1, 0.15) is 5.75 Å². The van der Waals surface area contributed by atoms with Crippen molar-refractivity contribution >= 4 is 0 Å². The van der Waals surface area contributed by atoms with Crippen LogP contribution in [0, 0.1) is 18.3 Å². The smallest absolute Gasteiger partial charge is 0.122 e. The average molecular weight is 231 g/mol. The molecule has 1 rings (SSSR count). The van der Waals surface area contributed by atoms with Crippen LogP contribution in [0.4, 0.5) is 0 Å². The molecule has 0 spiro atoms. The van der Waals surface area contributed by atoms with E-state index < -0.39 is 0 Å². The van der Waals surface area contributed by atoms with Crippen LogP contribution >= 0.6 is 0 Å². The molecule has 0 saturated carbocycles. The Hall–Kier alpha value is -1.49. The molecule has 1 aromatic carbocycles. The van der Waals surface area contributed by atoms with E-state index in [0.717, 1.165) is 12.2 Å². The van der Waals surface area contributed by atoms with E-state index in [9.17, 15) is 0 Å². The molecule has 92 valence electrons. The van der Waals surface area contributed by atoms with Gasteiger partial charge in [0.15, 0.2) is 0 Å². The first-order valence-electron chi connectivity index (χ1n) is 5.95. The molecule has 0 aromatic heterocycles. The summed E-state index contributed by atoms with van der Waals surface area (Å²) in [6, 6.07) is 6.46. The van der Waals surface area contributed by atoms with Gasteiger partial charge in [-0.25, -0.2) is 0 Å². The molecule has 0 fully saturated rings. The molecule has 0 atom stereocenters. The third-order valence-electron chi connectivity index (χ3n) is 2.97. The third-order valence-corrected chi connectivity index (χ3v) is 2.97. The van der Waals surface area contributed by atoms with Gasteiger partial charge in [-0.1, -0.05) is 26.8 Å². The standard InChI is InChI=1S/C15H21NO/c1-11-9-14(17-5)13(15(2,3)4)10-12(11)7-6-8-16/h9-10H,6-7H2,1-5H3. The largest absolute Gasteiger partial charge is 0.496 e. The number of methoxy groups -OCH3 is 1. The molecule has 0 aliphatic rings. The number of nitrogens with zero attached hydrogens (tertiary/aromatic N) is 1. The van der Waals surface area contributed by atoms with Gasteiger partial charge < -0.3 is 4.74 Å². The summed E-state index contributed by atoms with van der Waals surface area (Å²) in [6.07, 6.45) is 1.38. The number of benzene rings is 1. The Kier molecular flexibility index (Phi) is 4.17. The normalized spacial score (nSPS) is 11.1. The highest BCUT2D eigenvalue weighted by Gasteiger charge is 2.20. The van der Waals surface area contributed by atoms with Crippen molar-refractivity contribution in [2.24, 2.45) is 0 Å². The molecule has 2 nitrogen and oxygen atoms in total. The summed E-state index contributed by atoms with van der Waals surface area (Å²) in [5.74, 6) is 0.940. The first-order chi connectivity index (χ1) is 7.90. The molecule has 0 N–H and O–H groups in total. The Balaban J connectivity index is 3.24. The molecule has 2 heteroatoms. The SMILES string of the molecule is COc1cc(C)c(CCC#N)cc1C(C)(C)C. The van der Waals surface area contributed by atoms with E-state index in [-0.39, 0.29) is 5.41 Å². The lowest BCUT2D eigenvalue weighted by atomic mass is 9.84. The topological polar surface area (TPSA) is 33.0 Å². The Labute approximate surface area is 104 Å². The van der Waals surface area contributed by atoms with Crippen LogP contribution in [0.25, 0.3) is 0 Å². The highest BCUT2D eigenvalue weighted by atomic mass is 16.5. The zero-order valence-corrected chi connectivity index (χ0v) is 11.4. The van der Waals surface area contributed by atoms with Crippen LogP contribution in [-0.2, 0) is 11.8 Å². The van der Waals surface area contributed by atoms with Crippen molar-refractivity contribution in [3.05, 3.63) is 28.8 Å². The van der Waals surface area contributed by atoms with E-state index >= 15 is 0 Å². The van der Waals surface area contributed by atoms with Crippen LogP contribution in [-0.4, -0.2) is 7.11 Å². The van der Waals surface area contributed by atoms with Gasteiger partial charge in [0.25, 0.3) is 0 Å². The minimum Gasteiger partial charge on any atom is -0.496 e. The second-order valence-electron chi connectivity index (χ2n) is 5.39. The van der Waals surface area contributed by atoms with Crippen molar-refractivity contribution in [2.45, 2.75) is 46.0 Å². The van der Waals surface area contributed by atoms with Gasteiger partial charge in [-0.15, -0.1) is 0 Å². The summed E-state index contributed by atoms with van der Waals surface area (Å²) in [4.78, 5) is 0. The van der Waals surface area contributed by atoms with Crippen molar-refractivity contribution < 1.29 is 4.74 Å². The zero-order chi connectivity index (χ0) is 13.1. The molecule has 17 heavy (non-hydrogen) atoms. The molecule has 0 heterocycles. The van der Waals surface area contributed by atoms with Gasteiger partial charge in [0, 0.05) is 6.42 Å². The second-order valence-corrected chi connectivity index (χ2v) is 5.39. The summed E-state index contributed by atoms with van der Waals surface area (Å²) in [6.45, 7) is 8.60. The van der Waals surface area contributed by atoms with Crippen LogP contribution in [0.2, 0.25) is 0 Å². The zero-order valence-electron chi connectivity index (χ0n) is 11.4. The highest BCUT2D eigenvalue weighted by molar-refractivity contribution is 5.45.